The average Bonchev–Trinajstić information content (AvgIpc) is 2.69. The lowest BCUT2D eigenvalue weighted by atomic mass is 10.1. The summed E-state index contributed by atoms with van der Waals surface area (Å²) >= 11 is 0. The Morgan fingerprint density at radius 2 is 1.92 bits per heavy atom. The fourth-order valence-corrected chi connectivity index (χ4v) is 2.83. The van der Waals surface area contributed by atoms with Crippen molar-refractivity contribution in [2.24, 2.45) is 0 Å². The molecule has 3 aromatic rings. The van der Waals surface area contributed by atoms with Crippen molar-refractivity contribution in [1.29, 1.82) is 0 Å². The van der Waals surface area contributed by atoms with Crippen LogP contribution >= 0.6 is 0 Å². The zero-order valence-corrected chi connectivity index (χ0v) is 14.8. The Labute approximate surface area is 151 Å². The molecular weight excluding hydrogens is 328 g/mol. The van der Waals surface area contributed by atoms with E-state index < -0.39 is 0 Å². The van der Waals surface area contributed by atoms with Crippen molar-refractivity contribution in [3.63, 3.8) is 0 Å². The van der Waals surface area contributed by atoms with Gasteiger partial charge in [0.05, 0.1) is 5.39 Å². The van der Waals surface area contributed by atoms with E-state index in [-0.39, 0.29) is 17.2 Å². The van der Waals surface area contributed by atoms with Gasteiger partial charge in [-0.1, -0.05) is 44.0 Å². The van der Waals surface area contributed by atoms with E-state index in [1.807, 2.05) is 18.2 Å². The van der Waals surface area contributed by atoms with Crippen LogP contribution in [0.4, 0.5) is 0 Å². The molecule has 3 rings (SSSR count). The maximum absolute atomic E-state index is 12.7. The third-order valence-corrected chi connectivity index (χ3v) is 4.23. The summed E-state index contributed by atoms with van der Waals surface area (Å²) in [5.41, 5.74) is 1.03. The molecule has 0 spiro atoms. The highest BCUT2D eigenvalue weighted by Crippen LogP contribution is 2.14. The molecule has 0 radical (unpaired) electrons. The maximum atomic E-state index is 12.7. The van der Waals surface area contributed by atoms with Crippen LogP contribution in [0, 0.1) is 0 Å². The number of benzene rings is 1. The Morgan fingerprint density at radius 1 is 1.12 bits per heavy atom. The molecule has 6 heteroatoms. The quantitative estimate of drug-likeness (QED) is 0.665. The zero-order valence-electron chi connectivity index (χ0n) is 14.8. The lowest BCUT2D eigenvalue weighted by Gasteiger charge is -2.11. The van der Waals surface area contributed by atoms with Gasteiger partial charge in [-0.3, -0.25) is 14.6 Å². The van der Waals surface area contributed by atoms with Crippen molar-refractivity contribution in [1.82, 2.24) is 20.1 Å². The van der Waals surface area contributed by atoms with Gasteiger partial charge < -0.3 is 5.32 Å². The second kappa shape index (κ2) is 8.38. The van der Waals surface area contributed by atoms with Crippen LogP contribution in [0.5, 0.6) is 0 Å². The first-order chi connectivity index (χ1) is 12.7. The fourth-order valence-electron chi connectivity index (χ4n) is 2.83. The number of nitrogens with one attached hydrogen (secondary N) is 1. The summed E-state index contributed by atoms with van der Waals surface area (Å²) in [6.07, 6.45) is 6.33. The second-order valence-corrected chi connectivity index (χ2v) is 6.17. The Morgan fingerprint density at radius 3 is 2.65 bits per heavy atom. The van der Waals surface area contributed by atoms with E-state index in [1.165, 1.54) is 4.68 Å². The van der Waals surface area contributed by atoms with Crippen molar-refractivity contribution in [3.8, 4) is 0 Å². The third-order valence-electron chi connectivity index (χ3n) is 4.23. The number of fused-ring (bicyclic) bond motifs is 1. The molecule has 0 aliphatic rings. The van der Waals surface area contributed by atoms with Crippen molar-refractivity contribution < 1.29 is 4.79 Å². The summed E-state index contributed by atoms with van der Waals surface area (Å²) in [6, 6.07) is 10.8. The van der Waals surface area contributed by atoms with E-state index in [0.717, 1.165) is 24.8 Å². The molecule has 0 saturated heterocycles. The number of amides is 1. The number of carbonyl (C=O) groups is 1. The SMILES string of the molecule is CCCCCn1nc(C(=O)NCc2cccnc2)c2ccccc2c1=O. The van der Waals surface area contributed by atoms with Gasteiger partial charge >= 0.3 is 0 Å². The lowest BCUT2D eigenvalue weighted by Crippen LogP contribution is -2.30. The monoisotopic (exact) mass is 350 g/mol. The number of hydrogen-bond donors (Lipinski definition) is 1. The van der Waals surface area contributed by atoms with Gasteiger partial charge in [0.15, 0.2) is 5.69 Å². The molecule has 6 nitrogen and oxygen atoms in total. The van der Waals surface area contributed by atoms with Crippen molar-refractivity contribution in [2.45, 2.75) is 39.3 Å². The molecule has 0 unspecified atom stereocenters. The smallest absolute Gasteiger partial charge is 0.274 e. The van der Waals surface area contributed by atoms with Crippen molar-refractivity contribution in [3.05, 3.63) is 70.4 Å². The summed E-state index contributed by atoms with van der Waals surface area (Å²) in [4.78, 5) is 29.4. The first kappa shape index (κ1) is 17.8. The van der Waals surface area contributed by atoms with Gasteiger partial charge in [0.25, 0.3) is 11.5 Å². The molecule has 1 N–H and O–H groups in total. The van der Waals surface area contributed by atoms with Crippen molar-refractivity contribution in [2.75, 3.05) is 0 Å². The minimum Gasteiger partial charge on any atom is -0.346 e. The van der Waals surface area contributed by atoms with E-state index in [9.17, 15) is 9.59 Å². The molecule has 134 valence electrons. The highest BCUT2D eigenvalue weighted by Gasteiger charge is 2.16. The van der Waals surface area contributed by atoms with Gasteiger partial charge in [-0.2, -0.15) is 5.10 Å². The van der Waals surface area contributed by atoms with Crippen LogP contribution in [-0.2, 0) is 13.1 Å². The molecule has 0 fully saturated rings. The highest BCUT2D eigenvalue weighted by molar-refractivity contribution is 6.04. The topological polar surface area (TPSA) is 76.9 Å². The molecule has 2 aromatic heterocycles. The number of carbonyl (C=O) groups excluding carboxylic acids is 1. The molecule has 0 aliphatic carbocycles. The standard InChI is InChI=1S/C20H22N4O2/c1-2-3-6-12-24-20(26)17-10-5-4-9-16(17)18(23-24)19(25)22-14-15-8-7-11-21-13-15/h4-5,7-11,13H,2-3,6,12,14H2,1H3,(H,22,25). The molecule has 2 heterocycles. The largest absolute Gasteiger partial charge is 0.346 e. The number of aromatic nitrogens is 3. The van der Waals surface area contributed by atoms with E-state index in [0.29, 0.717) is 23.9 Å². The van der Waals surface area contributed by atoms with E-state index >= 15 is 0 Å². The highest BCUT2D eigenvalue weighted by atomic mass is 16.2. The number of unbranched alkanes of at least 4 members (excludes halogenated alkanes) is 2. The van der Waals surface area contributed by atoms with Gasteiger partial charge in [0.1, 0.15) is 0 Å². The second-order valence-electron chi connectivity index (χ2n) is 6.17. The van der Waals surface area contributed by atoms with Gasteiger partial charge in [0, 0.05) is 30.9 Å². The van der Waals surface area contributed by atoms with E-state index in [4.69, 9.17) is 0 Å². The minimum atomic E-state index is -0.297. The Balaban J connectivity index is 1.91. The molecular formula is C20H22N4O2. The first-order valence-electron chi connectivity index (χ1n) is 8.87. The zero-order chi connectivity index (χ0) is 18.4. The fraction of sp³-hybridized carbons (Fsp3) is 0.300. The summed E-state index contributed by atoms with van der Waals surface area (Å²) < 4.78 is 1.41. The number of pyridine rings is 1. The Kier molecular flexibility index (Phi) is 5.73. The van der Waals surface area contributed by atoms with Crippen LogP contribution in [0.25, 0.3) is 10.8 Å². The molecule has 0 atom stereocenters. The minimum absolute atomic E-state index is 0.152. The predicted molar refractivity (Wildman–Crippen MR) is 101 cm³/mol. The third kappa shape index (κ3) is 3.96. The van der Waals surface area contributed by atoms with Crippen LogP contribution in [0.15, 0.2) is 53.6 Å². The Hall–Kier alpha value is -3.02. The molecule has 1 aromatic carbocycles. The van der Waals surface area contributed by atoms with Crippen LogP contribution in [-0.4, -0.2) is 20.7 Å². The molecule has 0 saturated carbocycles. The number of nitrogens with zero attached hydrogens (tertiary/aromatic N) is 3. The summed E-state index contributed by atoms with van der Waals surface area (Å²) in [7, 11) is 0. The van der Waals surface area contributed by atoms with Gasteiger partial charge in [-0.05, 0) is 24.1 Å². The van der Waals surface area contributed by atoms with Gasteiger partial charge in [0.2, 0.25) is 0 Å². The molecule has 0 aliphatic heterocycles. The number of hydrogen-bond acceptors (Lipinski definition) is 4. The van der Waals surface area contributed by atoms with Crippen molar-refractivity contribution >= 4 is 16.7 Å². The normalized spacial score (nSPS) is 10.8. The van der Waals surface area contributed by atoms with Crippen LogP contribution < -0.4 is 10.9 Å². The first-order valence-corrected chi connectivity index (χ1v) is 8.87. The summed E-state index contributed by atoms with van der Waals surface area (Å²) in [5, 5.41) is 8.32. The number of rotatable bonds is 7. The predicted octanol–water partition coefficient (Wildman–Crippen LogP) is 2.91. The van der Waals surface area contributed by atoms with Crippen LogP contribution in [0.1, 0.15) is 42.2 Å². The van der Waals surface area contributed by atoms with E-state index in [1.54, 1.807) is 30.6 Å². The number of aryl methyl sites for hydroxylation is 1. The molecule has 26 heavy (non-hydrogen) atoms. The van der Waals surface area contributed by atoms with Crippen LogP contribution in [0.3, 0.4) is 0 Å². The lowest BCUT2D eigenvalue weighted by molar-refractivity contribution is 0.0945. The molecule has 0 bridgehead atoms. The maximum Gasteiger partial charge on any atom is 0.274 e. The Bertz CT molecular complexity index is 951. The van der Waals surface area contributed by atoms with Crippen LogP contribution in [0.2, 0.25) is 0 Å². The van der Waals surface area contributed by atoms with E-state index in [2.05, 4.69) is 22.3 Å². The van der Waals surface area contributed by atoms with Gasteiger partial charge in [-0.25, -0.2) is 4.68 Å². The molecule has 1 amide bonds. The summed E-state index contributed by atoms with van der Waals surface area (Å²) in [6.45, 7) is 2.98. The van der Waals surface area contributed by atoms with Gasteiger partial charge in [-0.15, -0.1) is 0 Å². The summed E-state index contributed by atoms with van der Waals surface area (Å²) in [5.74, 6) is -0.297. The average molecular weight is 350 g/mol.